The average Bonchev–Trinajstić information content (AvgIpc) is 2.53. The maximum Gasteiger partial charge on any atom is 0.287 e. The van der Waals surface area contributed by atoms with Crippen LogP contribution in [-0.4, -0.2) is 24.2 Å². The molecular formula is C16H14N3O2+. The van der Waals surface area contributed by atoms with Crippen LogP contribution in [0.1, 0.15) is 0 Å². The molecule has 0 aliphatic rings. The lowest BCUT2D eigenvalue weighted by Gasteiger charge is -2.13. The Morgan fingerprint density at radius 1 is 0.905 bits per heavy atom. The number of benzene rings is 2. The fourth-order valence-electron chi connectivity index (χ4n) is 2.95. The van der Waals surface area contributed by atoms with Gasteiger partial charge in [-0.05, 0) is 29.2 Å². The quantitative estimate of drug-likeness (QED) is 0.417. The zero-order valence-corrected chi connectivity index (χ0v) is 12.0. The van der Waals surface area contributed by atoms with Gasteiger partial charge in [0.15, 0.2) is 5.52 Å². The van der Waals surface area contributed by atoms with E-state index >= 15 is 0 Å². The first-order valence-corrected chi connectivity index (χ1v) is 6.65. The molecule has 2 aromatic heterocycles. The Morgan fingerprint density at radius 3 is 2.24 bits per heavy atom. The van der Waals surface area contributed by atoms with Crippen molar-refractivity contribution in [2.45, 2.75) is 0 Å². The van der Waals surface area contributed by atoms with Crippen molar-refractivity contribution in [3.63, 3.8) is 0 Å². The molecule has 0 unspecified atom stereocenters. The fourth-order valence-corrected chi connectivity index (χ4v) is 2.95. The lowest BCUT2D eigenvalue weighted by molar-refractivity contribution is -0.647. The highest BCUT2D eigenvalue weighted by molar-refractivity contribution is 6.22. The van der Waals surface area contributed by atoms with Crippen LogP contribution in [0.3, 0.4) is 0 Å². The number of hydrogen-bond acceptors (Lipinski definition) is 4. The highest BCUT2D eigenvalue weighted by Gasteiger charge is 2.20. The van der Waals surface area contributed by atoms with Gasteiger partial charge in [0, 0.05) is 16.2 Å². The molecule has 0 fully saturated rings. The van der Waals surface area contributed by atoms with Gasteiger partial charge in [0.05, 0.1) is 26.7 Å². The molecule has 0 aliphatic heterocycles. The first kappa shape index (κ1) is 12.1. The highest BCUT2D eigenvalue weighted by atomic mass is 16.5. The van der Waals surface area contributed by atoms with Crippen LogP contribution in [0.5, 0.6) is 11.8 Å². The number of aromatic nitrogens is 3. The van der Waals surface area contributed by atoms with Crippen LogP contribution >= 0.6 is 0 Å². The van der Waals surface area contributed by atoms with Crippen molar-refractivity contribution in [2.24, 2.45) is 7.05 Å². The van der Waals surface area contributed by atoms with Crippen LogP contribution in [0.4, 0.5) is 0 Å². The van der Waals surface area contributed by atoms with Gasteiger partial charge in [-0.25, -0.2) is 4.57 Å². The summed E-state index contributed by atoms with van der Waals surface area (Å²) in [6.45, 7) is 0. The van der Waals surface area contributed by atoms with Crippen molar-refractivity contribution < 1.29 is 14.0 Å². The Balaban J connectivity index is 2.37. The van der Waals surface area contributed by atoms with E-state index in [1.165, 1.54) is 0 Å². The second kappa shape index (κ2) is 4.15. The highest BCUT2D eigenvalue weighted by Crippen LogP contribution is 2.39. The molecule has 4 rings (SSSR count). The number of methoxy groups -OCH3 is 2. The van der Waals surface area contributed by atoms with E-state index in [1.807, 2.05) is 36.1 Å². The van der Waals surface area contributed by atoms with Crippen LogP contribution in [-0.2, 0) is 7.05 Å². The number of hydrogen-bond donors (Lipinski definition) is 0. The fraction of sp³-hybridized carbons (Fsp3) is 0.188. The van der Waals surface area contributed by atoms with E-state index in [0.717, 1.165) is 32.6 Å². The average molecular weight is 280 g/mol. The molecule has 0 atom stereocenters. The molecule has 4 aromatic rings. The first-order chi connectivity index (χ1) is 10.2. The lowest BCUT2D eigenvalue weighted by Crippen LogP contribution is -2.29. The van der Waals surface area contributed by atoms with E-state index in [-0.39, 0.29) is 0 Å². The standard InChI is InChI=1S/C16H14N3O2/c1-19-8-17-11-6-4-9-13-10(5-7-12(19)14(11)13)16(21-3)18-15(9)20-2/h4-8H,1-3H3/q+1. The summed E-state index contributed by atoms with van der Waals surface area (Å²) in [7, 11) is 5.24. The molecule has 0 radical (unpaired) electrons. The van der Waals surface area contributed by atoms with E-state index in [0.29, 0.717) is 11.8 Å². The minimum atomic E-state index is 0.570. The van der Waals surface area contributed by atoms with E-state index in [9.17, 15) is 0 Å². The molecule has 21 heavy (non-hydrogen) atoms. The summed E-state index contributed by atoms with van der Waals surface area (Å²) in [5.74, 6) is 1.14. The largest absolute Gasteiger partial charge is 0.480 e. The van der Waals surface area contributed by atoms with Gasteiger partial charge in [-0.3, -0.25) is 0 Å². The summed E-state index contributed by atoms with van der Waals surface area (Å²) in [4.78, 5) is 8.95. The molecule has 2 heterocycles. The summed E-state index contributed by atoms with van der Waals surface area (Å²) >= 11 is 0. The van der Waals surface area contributed by atoms with Crippen molar-refractivity contribution in [2.75, 3.05) is 14.2 Å². The van der Waals surface area contributed by atoms with E-state index in [4.69, 9.17) is 9.47 Å². The van der Waals surface area contributed by atoms with Crippen molar-refractivity contribution in [1.29, 1.82) is 0 Å². The normalized spacial score (nSPS) is 11.6. The van der Waals surface area contributed by atoms with Gasteiger partial charge in [0.1, 0.15) is 5.52 Å². The second-order valence-electron chi connectivity index (χ2n) is 5.00. The summed E-state index contributed by atoms with van der Waals surface area (Å²) in [5, 5.41) is 4.13. The Morgan fingerprint density at radius 2 is 1.57 bits per heavy atom. The molecule has 5 nitrogen and oxygen atoms in total. The van der Waals surface area contributed by atoms with Crippen LogP contribution in [0.15, 0.2) is 30.6 Å². The first-order valence-electron chi connectivity index (χ1n) is 6.65. The van der Waals surface area contributed by atoms with Gasteiger partial charge in [-0.1, -0.05) is 0 Å². The molecule has 0 bridgehead atoms. The van der Waals surface area contributed by atoms with Gasteiger partial charge in [-0.2, -0.15) is 4.98 Å². The molecule has 0 spiro atoms. The lowest BCUT2D eigenvalue weighted by atomic mass is 10.00. The molecule has 0 saturated carbocycles. The zero-order valence-electron chi connectivity index (χ0n) is 12.0. The van der Waals surface area contributed by atoms with Crippen molar-refractivity contribution in [3.8, 4) is 11.8 Å². The molecule has 0 saturated heterocycles. The van der Waals surface area contributed by atoms with Gasteiger partial charge < -0.3 is 9.47 Å². The number of nitrogens with zero attached hydrogens (tertiary/aromatic N) is 3. The predicted molar refractivity (Wildman–Crippen MR) is 80.0 cm³/mol. The van der Waals surface area contributed by atoms with Crippen LogP contribution in [0.25, 0.3) is 32.6 Å². The number of rotatable bonds is 2. The predicted octanol–water partition coefficient (Wildman–Crippen LogP) is 2.22. The molecule has 0 aliphatic carbocycles. The smallest absolute Gasteiger partial charge is 0.287 e. The Kier molecular flexibility index (Phi) is 2.39. The van der Waals surface area contributed by atoms with Crippen molar-refractivity contribution >= 4 is 32.6 Å². The third kappa shape index (κ3) is 1.48. The van der Waals surface area contributed by atoms with Gasteiger partial charge in [0.25, 0.3) is 6.33 Å². The molecule has 0 N–H and O–H groups in total. The van der Waals surface area contributed by atoms with Crippen LogP contribution in [0.2, 0.25) is 0 Å². The molecule has 104 valence electrons. The number of ether oxygens (including phenoxy) is 2. The van der Waals surface area contributed by atoms with E-state index in [1.54, 1.807) is 14.2 Å². The summed E-state index contributed by atoms with van der Waals surface area (Å²) in [6.07, 6.45) is 1.83. The van der Waals surface area contributed by atoms with Gasteiger partial charge in [-0.15, -0.1) is 0 Å². The Labute approximate surface area is 121 Å². The maximum atomic E-state index is 5.43. The third-order valence-electron chi connectivity index (χ3n) is 3.92. The Bertz CT molecular complexity index is 958. The Hall–Kier alpha value is -2.69. The van der Waals surface area contributed by atoms with E-state index < -0.39 is 0 Å². The second-order valence-corrected chi connectivity index (χ2v) is 5.00. The van der Waals surface area contributed by atoms with Crippen molar-refractivity contribution in [1.82, 2.24) is 9.97 Å². The number of aryl methyl sites for hydroxylation is 1. The number of pyridine rings is 1. The summed E-state index contributed by atoms with van der Waals surface area (Å²) in [6, 6.07) is 8.11. The minimum Gasteiger partial charge on any atom is -0.480 e. The monoisotopic (exact) mass is 280 g/mol. The molecular weight excluding hydrogens is 266 g/mol. The zero-order chi connectivity index (χ0) is 14.6. The minimum absolute atomic E-state index is 0.570. The van der Waals surface area contributed by atoms with Crippen LogP contribution < -0.4 is 14.0 Å². The SMILES string of the molecule is COc1nc(OC)c2ccc3c4c(ccc1c24)nc[n+]3C. The maximum absolute atomic E-state index is 5.43. The summed E-state index contributed by atoms with van der Waals surface area (Å²) < 4.78 is 12.9. The van der Waals surface area contributed by atoms with Crippen molar-refractivity contribution in [3.05, 3.63) is 30.6 Å². The third-order valence-corrected chi connectivity index (χ3v) is 3.92. The van der Waals surface area contributed by atoms with E-state index in [2.05, 4.69) is 16.0 Å². The molecule has 0 amide bonds. The molecule has 5 heteroatoms. The summed E-state index contributed by atoms with van der Waals surface area (Å²) in [5.41, 5.74) is 2.07. The topological polar surface area (TPSA) is 48.1 Å². The van der Waals surface area contributed by atoms with Gasteiger partial charge >= 0.3 is 0 Å². The molecule has 2 aromatic carbocycles. The van der Waals surface area contributed by atoms with Crippen LogP contribution in [0, 0.1) is 0 Å². The van der Waals surface area contributed by atoms with Gasteiger partial charge in [0.2, 0.25) is 11.8 Å².